The zero-order chi connectivity index (χ0) is 20.9. The highest BCUT2D eigenvalue weighted by Crippen LogP contribution is 2.33. The molecule has 28 heavy (non-hydrogen) atoms. The van der Waals surface area contributed by atoms with Crippen LogP contribution in [0.1, 0.15) is 32.8 Å². The number of nitrogens with one attached hydrogen (secondary N) is 1. The van der Waals surface area contributed by atoms with Crippen molar-refractivity contribution >= 4 is 12.2 Å². The van der Waals surface area contributed by atoms with Crippen molar-refractivity contribution in [3.8, 4) is 0 Å². The van der Waals surface area contributed by atoms with Crippen molar-refractivity contribution in [1.29, 1.82) is 0 Å². The normalized spacial score (nSPS) is 20.4. The van der Waals surface area contributed by atoms with Crippen LogP contribution in [0.15, 0.2) is 30.3 Å². The average Bonchev–Trinajstić information content (AvgIpc) is 2.57. The van der Waals surface area contributed by atoms with E-state index in [1.807, 2.05) is 0 Å². The molecule has 0 unspecified atom stereocenters. The molecule has 0 bridgehead atoms. The lowest BCUT2D eigenvalue weighted by atomic mass is 9.94. The molecular weight excluding hydrogens is 377 g/mol. The molecule has 1 fully saturated rings. The van der Waals surface area contributed by atoms with E-state index in [-0.39, 0.29) is 19.6 Å². The van der Waals surface area contributed by atoms with Gasteiger partial charge in [0.25, 0.3) is 0 Å². The largest absolute Gasteiger partial charge is 0.445 e. The van der Waals surface area contributed by atoms with Crippen LogP contribution >= 0.6 is 0 Å². The Hall–Kier alpha value is -2.45. The minimum atomic E-state index is -4.49. The van der Waals surface area contributed by atoms with Gasteiger partial charge in [-0.2, -0.15) is 13.2 Å². The number of hydrogen-bond donors (Lipinski definition) is 1. The molecule has 0 aromatic heterocycles. The standard InChI is InChI=1S/C19H25F3N2O4/c1-18(2,3)28-16(25)23-15-9-14(19(20,21)22)10-24(11-15)17(26)27-12-13-7-5-4-6-8-13/h4-8,14-15H,9-12H2,1-3H3,(H,23,25)/t14-,15-/m1/s1. The van der Waals surface area contributed by atoms with Crippen LogP contribution in [0.4, 0.5) is 22.8 Å². The molecule has 2 atom stereocenters. The summed E-state index contributed by atoms with van der Waals surface area (Å²) in [5.74, 6) is -1.76. The summed E-state index contributed by atoms with van der Waals surface area (Å²) >= 11 is 0. The maximum absolute atomic E-state index is 13.3. The van der Waals surface area contributed by atoms with Gasteiger partial charge in [-0.05, 0) is 32.8 Å². The molecule has 0 aliphatic carbocycles. The zero-order valence-corrected chi connectivity index (χ0v) is 16.1. The number of alkyl carbamates (subject to hydrolysis) is 1. The number of nitrogens with zero attached hydrogens (tertiary/aromatic N) is 1. The Morgan fingerprint density at radius 1 is 1.14 bits per heavy atom. The van der Waals surface area contributed by atoms with E-state index in [1.165, 1.54) is 0 Å². The number of amides is 2. The van der Waals surface area contributed by atoms with E-state index in [1.54, 1.807) is 51.1 Å². The van der Waals surface area contributed by atoms with Crippen molar-refractivity contribution in [3.63, 3.8) is 0 Å². The monoisotopic (exact) mass is 402 g/mol. The van der Waals surface area contributed by atoms with E-state index in [9.17, 15) is 22.8 Å². The molecule has 2 amide bonds. The van der Waals surface area contributed by atoms with Crippen LogP contribution in [0.5, 0.6) is 0 Å². The summed E-state index contributed by atoms with van der Waals surface area (Å²) in [6.07, 6.45) is -6.50. The van der Waals surface area contributed by atoms with Crippen molar-refractivity contribution in [2.75, 3.05) is 13.1 Å². The summed E-state index contributed by atoms with van der Waals surface area (Å²) in [6.45, 7) is 4.32. The highest BCUT2D eigenvalue weighted by molar-refractivity contribution is 5.69. The molecule has 0 radical (unpaired) electrons. The molecule has 1 N–H and O–H groups in total. The van der Waals surface area contributed by atoms with Gasteiger partial charge in [-0.1, -0.05) is 30.3 Å². The van der Waals surface area contributed by atoms with E-state index in [2.05, 4.69) is 5.32 Å². The molecule has 2 rings (SSSR count). The fraction of sp³-hybridized carbons (Fsp3) is 0.579. The smallest absolute Gasteiger partial charge is 0.410 e. The van der Waals surface area contributed by atoms with E-state index in [0.29, 0.717) is 0 Å². The maximum Gasteiger partial charge on any atom is 0.410 e. The van der Waals surface area contributed by atoms with E-state index >= 15 is 0 Å². The Labute approximate surface area is 162 Å². The first-order valence-electron chi connectivity index (χ1n) is 8.96. The van der Waals surface area contributed by atoms with E-state index < -0.39 is 42.5 Å². The number of alkyl halides is 3. The second-order valence-corrected chi connectivity index (χ2v) is 7.76. The molecule has 1 aliphatic rings. The first-order valence-corrected chi connectivity index (χ1v) is 8.96. The average molecular weight is 402 g/mol. The summed E-state index contributed by atoms with van der Waals surface area (Å²) < 4.78 is 50.1. The fourth-order valence-electron chi connectivity index (χ4n) is 2.87. The first kappa shape index (κ1) is 21.8. The third-order valence-corrected chi connectivity index (χ3v) is 4.10. The number of halogens is 3. The zero-order valence-electron chi connectivity index (χ0n) is 16.1. The van der Waals surface area contributed by atoms with Gasteiger partial charge in [-0.25, -0.2) is 9.59 Å². The van der Waals surface area contributed by atoms with Gasteiger partial charge in [-0.3, -0.25) is 0 Å². The summed E-state index contributed by atoms with van der Waals surface area (Å²) in [4.78, 5) is 25.2. The Balaban J connectivity index is 2.01. The van der Waals surface area contributed by atoms with Crippen LogP contribution in [-0.4, -0.2) is 48.0 Å². The lowest BCUT2D eigenvalue weighted by Crippen LogP contribution is -2.55. The van der Waals surface area contributed by atoms with Gasteiger partial charge in [-0.15, -0.1) is 0 Å². The summed E-state index contributed by atoms with van der Waals surface area (Å²) in [5.41, 5.74) is -0.0557. The maximum atomic E-state index is 13.3. The van der Waals surface area contributed by atoms with Crippen molar-refractivity contribution in [3.05, 3.63) is 35.9 Å². The molecule has 0 spiro atoms. The first-order chi connectivity index (χ1) is 12.9. The summed E-state index contributed by atoms with van der Waals surface area (Å²) in [6, 6.07) is 7.94. The van der Waals surface area contributed by atoms with Crippen LogP contribution < -0.4 is 5.32 Å². The number of hydrogen-bond acceptors (Lipinski definition) is 4. The van der Waals surface area contributed by atoms with Crippen molar-refractivity contribution in [1.82, 2.24) is 10.2 Å². The Morgan fingerprint density at radius 3 is 2.36 bits per heavy atom. The molecule has 156 valence electrons. The van der Waals surface area contributed by atoms with Crippen LogP contribution in [0.3, 0.4) is 0 Å². The van der Waals surface area contributed by atoms with E-state index in [4.69, 9.17) is 9.47 Å². The Kier molecular flexibility index (Phi) is 6.79. The predicted molar refractivity (Wildman–Crippen MR) is 95.5 cm³/mol. The number of carbonyl (C=O) groups excluding carboxylic acids is 2. The third-order valence-electron chi connectivity index (χ3n) is 4.10. The SMILES string of the molecule is CC(C)(C)OC(=O)N[C@@H]1C[C@@H](C(F)(F)F)CN(C(=O)OCc2ccccc2)C1. The third kappa shape index (κ3) is 6.94. The van der Waals surface area contributed by atoms with Gasteiger partial charge in [0.05, 0.1) is 12.0 Å². The van der Waals surface area contributed by atoms with Gasteiger partial charge in [0.2, 0.25) is 0 Å². The number of benzene rings is 1. The second kappa shape index (κ2) is 8.70. The number of likely N-dealkylation sites (tertiary alicyclic amines) is 1. The molecular formula is C19H25F3N2O4. The highest BCUT2D eigenvalue weighted by atomic mass is 19.4. The highest BCUT2D eigenvalue weighted by Gasteiger charge is 2.46. The quantitative estimate of drug-likeness (QED) is 0.827. The van der Waals surface area contributed by atoms with Gasteiger partial charge >= 0.3 is 18.4 Å². The fourth-order valence-corrected chi connectivity index (χ4v) is 2.87. The molecule has 1 heterocycles. The molecule has 1 aromatic carbocycles. The van der Waals surface area contributed by atoms with Crippen molar-refractivity contribution < 1.29 is 32.2 Å². The van der Waals surface area contributed by atoms with Crippen molar-refractivity contribution in [2.45, 2.75) is 51.6 Å². The lowest BCUT2D eigenvalue weighted by molar-refractivity contribution is -0.187. The minimum absolute atomic E-state index is 0.0446. The lowest BCUT2D eigenvalue weighted by Gasteiger charge is -2.38. The van der Waals surface area contributed by atoms with Gasteiger partial charge in [0.15, 0.2) is 0 Å². The Morgan fingerprint density at radius 2 is 1.79 bits per heavy atom. The van der Waals surface area contributed by atoms with Crippen LogP contribution in [-0.2, 0) is 16.1 Å². The molecule has 6 nitrogen and oxygen atoms in total. The van der Waals surface area contributed by atoms with Gasteiger partial charge in [0, 0.05) is 13.1 Å². The Bertz CT molecular complexity index is 674. The second-order valence-electron chi connectivity index (χ2n) is 7.76. The molecule has 0 saturated carbocycles. The molecule has 1 saturated heterocycles. The summed E-state index contributed by atoms with van der Waals surface area (Å²) in [7, 11) is 0. The molecule has 9 heteroatoms. The van der Waals surface area contributed by atoms with E-state index in [0.717, 1.165) is 10.5 Å². The van der Waals surface area contributed by atoms with Crippen LogP contribution in [0.2, 0.25) is 0 Å². The van der Waals surface area contributed by atoms with Gasteiger partial charge in [0.1, 0.15) is 12.2 Å². The number of ether oxygens (including phenoxy) is 2. The molecule has 1 aromatic rings. The summed E-state index contributed by atoms with van der Waals surface area (Å²) in [5, 5.41) is 2.43. The van der Waals surface area contributed by atoms with Crippen LogP contribution in [0.25, 0.3) is 0 Å². The van der Waals surface area contributed by atoms with Crippen LogP contribution in [0, 0.1) is 5.92 Å². The van der Waals surface area contributed by atoms with Crippen molar-refractivity contribution in [2.24, 2.45) is 5.92 Å². The predicted octanol–water partition coefficient (Wildman–Crippen LogP) is 4.10. The molecule has 1 aliphatic heterocycles. The number of rotatable bonds is 3. The minimum Gasteiger partial charge on any atom is -0.445 e. The number of carbonyl (C=O) groups is 2. The van der Waals surface area contributed by atoms with Gasteiger partial charge < -0.3 is 19.7 Å². The number of piperidine rings is 1. The topological polar surface area (TPSA) is 67.9 Å².